The Morgan fingerprint density at radius 2 is 1.67 bits per heavy atom. The number of halogens is 4. The molecule has 1 saturated heterocycles. The van der Waals surface area contributed by atoms with E-state index in [1.54, 1.807) is 19.9 Å². The Morgan fingerprint density at radius 3 is 2.23 bits per heavy atom. The first-order valence-corrected chi connectivity index (χ1v) is 11.3. The fraction of sp³-hybridized carbons (Fsp3) is 0.409. The maximum Gasteiger partial charge on any atom is 0.262 e. The number of nitrogens with one attached hydrogen (secondary N) is 1. The third-order valence-corrected chi connectivity index (χ3v) is 7.20. The highest BCUT2D eigenvalue weighted by Gasteiger charge is 2.20. The number of rotatable bonds is 5. The van der Waals surface area contributed by atoms with Gasteiger partial charge >= 0.3 is 0 Å². The number of ether oxygens (including phenoxy) is 1. The van der Waals surface area contributed by atoms with Gasteiger partial charge in [-0.05, 0) is 61.9 Å². The molecule has 1 fully saturated rings. The van der Waals surface area contributed by atoms with Crippen molar-refractivity contribution in [1.82, 2.24) is 0 Å². The number of benzene rings is 2. The molecule has 2 aromatic rings. The maximum atomic E-state index is 12.4. The number of anilines is 2. The number of hydrogen-bond acceptors (Lipinski definition) is 3. The highest BCUT2D eigenvalue weighted by Crippen LogP contribution is 2.42. The minimum atomic E-state index is -0.344. The molecule has 1 aliphatic heterocycles. The lowest BCUT2D eigenvalue weighted by Crippen LogP contribution is -2.32. The van der Waals surface area contributed by atoms with Crippen LogP contribution in [0.3, 0.4) is 0 Å². The van der Waals surface area contributed by atoms with Gasteiger partial charge in [0.05, 0.1) is 20.8 Å². The van der Waals surface area contributed by atoms with E-state index in [-0.39, 0.29) is 18.3 Å². The fourth-order valence-corrected chi connectivity index (χ4v) is 4.58. The minimum Gasteiger partial charge on any atom is -0.481 e. The molecule has 2 aromatic carbocycles. The lowest BCUT2D eigenvalue weighted by atomic mass is 9.99. The molecule has 0 atom stereocenters. The first-order chi connectivity index (χ1) is 14.2. The van der Waals surface area contributed by atoms with E-state index < -0.39 is 0 Å². The van der Waals surface area contributed by atoms with E-state index in [9.17, 15) is 4.79 Å². The second-order valence-electron chi connectivity index (χ2n) is 7.69. The van der Waals surface area contributed by atoms with Crippen molar-refractivity contribution in [3.63, 3.8) is 0 Å². The van der Waals surface area contributed by atoms with Crippen LogP contribution < -0.4 is 15.0 Å². The van der Waals surface area contributed by atoms with Crippen LogP contribution in [-0.2, 0) is 4.79 Å². The molecular weight excluding hydrogens is 466 g/mol. The van der Waals surface area contributed by atoms with Crippen LogP contribution in [0.2, 0.25) is 20.1 Å². The predicted octanol–water partition coefficient (Wildman–Crippen LogP) is 7.17. The zero-order valence-corrected chi connectivity index (χ0v) is 20.1. The molecule has 1 amide bonds. The molecule has 1 heterocycles. The molecule has 0 saturated carbocycles. The van der Waals surface area contributed by atoms with Gasteiger partial charge in [0.15, 0.2) is 12.4 Å². The van der Waals surface area contributed by atoms with E-state index in [1.807, 2.05) is 12.1 Å². The van der Waals surface area contributed by atoms with Crippen molar-refractivity contribution in [2.45, 2.75) is 33.6 Å². The van der Waals surface area contributed by atoms with Crippen LogP contribution in [0.4, 0.5) is 11.4 Å². The van der Waals surface area contributed by atoms with Crippen LogP contribution in [0.25, 0.3) is 0 Å². The van der Waals surface area contributed by atoms with Crippen molar-refractivity contribution in [1.29, 1.82) is 0 Å². The number of amides is 1. The van der Waals surface area contributed by atoms with Crippen LogP contribution >= 0.6 is 46.4 Å². The number of hydrogen-bond donors (Lipinski definition) is 1. The summed E-state index contributed by atoms with van der Waals surface area (Å²) in [5.74, 6) is 0.650. The third-order valence-electron chi connectivity index (χ3n) is 5.42. The summed E-state index contributed by atoms with van der Waals surface area (Å²) in [6.07, 6.45) is 2.31. The molecule has 30 heavy (non-hydrogen) atoms. The van der Waals surface area contributed by atoms with E-state index in [2.05, 4.69) is 17.1 Å². The van der Waals surface area contributed by atoms with E-state index in [0.717, 1.165) is 37.5 Å². The lowest BCUT2D eigenvalue weighted by molar-refractivity contribution is -0.118. The van der Waals surface area contributed by atoms with Crippen molar-refractivity contribution < 1.29 is 9.53 Å². The molecule has 0 spiro atoms. The molecule has 4 nitrogen and oxygen atoms in total. The molecule has 162 valence electrons. The molecule has 0 unspecified atom stereocenters. The largest absolute Gasteiger partial charge is 0.481 e. The monoisotopic (exact) mass is 488 g/mol. The molecule has 8 heteroatoms. The van der Waals surface area contributed by atoms with Gasteiger partial charge in [-0.2, -0.15) is 0 Å². The van der Waals surface area contributed by atoms with Gasteiger partial charge in [-0.15, -0.1) is 0 Å². The summed E-state index contributed by atoms with van der Waals surface area (Å²) < 4.78 is 5.60. The first-order valence-electron chi connectivity index (χ1n) is 9.79. The Balaban J connectivity index is 1.64. The summed E-state index contributed by atoms with van der Waals surface area (Å²) in [4.78, 5) is 14.7. The minimum absolute atomic E-state index is 0.247. The zero-order valence-electron chi connectivity index (χ0n) is 17.1. The summed E-state index contributed by atoms with van der Waals surface area (Å²) in [5, 5.41) is 4.48. The SMILES string of the molecule is Cc1c(Cl)c(C)c(Cl)c(OCC(=O)Nc2ccc(N3CCC(C)CC3)c(Cl)c2)c1Cl. The van der Waals surface area contributed by atoms with Crippen molar-refractivity contribution in [3.8, 4) is 5.75 Å². The predicted molar refractivity (Wildman–Crippen MR) is 127 cm³/mol. The smallest absolute Gasteiger partial charge is 0.262 e. The number of carbonyl (C=O) groups excluding carboxylic acids is 1. The molecular formula is C22H24Cl4N2O2. The highest BCUT2D eigenvalue weighted by molar-refractivity contribution is 6.42. The number of carbonyl (C=O) groups is 1. The summed E-state index contributed by atoms with van der Waals surface area (Å²) in [7, 11) is 0. The highest BCUT2D eigenvalue weighted by atomic mass is 35.5. The van der Waals surface area contributed by atoms with Gasteiger partial charge in [0.1, 0.15) is 0 Å². The van der Waals surface area contributed by atoms with Crippen molar-refractivity contribution in [2.75, 3.05) is 29.9 Å². The van der Waals surface area contributed by atoms with E-state index >= 15 is 0 Å². The fourth-order valence-electron chi connectivity index (χ4n) is 3.46. The average molecular weight is 490 g/mol. The zero-order chi connectivity index (χ0) is 22.0. The van der Waals surface area contributed by atoms with Gasteiger partial charge in [0, 0.05) is 23.8 Å². The van der Waals surface area contributed by atoms with Crippen LogP contribution in [0.1, 0.15) is 30.9 Å². The van der Waals surface area contributed by atoms with Gasteiger partial charge < -0.3 is 15.0 Å². The molecule has 0 radical (unpaired) electrons. The van der Waals surface area contributed by atoms with E-state index in [1.165, 1.54) is 0 Å². The van der Waals surface area contributed by atoms with Crippen molar-refractivity contribution in [3.05, 3.63) is 49.4 Å². The topological polar surface area (TPSA) is 41.6 Å². The van der Waals surface area contributed by atoms with Gasteiger partial charge in [0.25, 0.3) is 5.91 Å². The summed E-state index contributed by atoms with van der Waals surface area (Å²) in [5.41, 5.74) is 2.90. The Morgan fingerprint density at radius 1 is 1.07 bits per heavy atom. The van der Waals surface area contributed by atoms with Crippen LogP contribution in [0, 0.1) is 19.8 Å². The van der Waals surface area contributed by atoms with Crippen LogP contribution in [0.15, 0.2) is 18.2 Å². The molecule has 1 N–H and O–H groups in total. The maximum absolute atomic E-state index is 12.4. The normalized spacial score (nSPS) is 14.7. The lowest BCUT2D eigenvalue weighted by Gasteiger charge is -2.32. The van der Waals surface area contributed by atoms with Gasteiger partial charge in [0.2, 0.25) is 0 Å². The van der Waals surface area contributed by atoms with Crippen molar-refractivity contribution in [2.24, 2.45) is 5.92 Å². The Hall–Kier alpha value is -1.33. The molecule has 0 bridgehead atoms. The Labute approximate surface area is 197 Å². The molecule has 0 aromatic heterocycles. The summed E-state index contributed by atoms with van der Waals surface area (Å²) >= 11 is 25.3. The van der Waals surface area contributed by atoms with Gasteiger partial charge in [-0.1, -0.05) is 53.3 Å². The summed E-state index contributed by atoms with van der Waals surface area (Å²) in [6.45, 7) is 7.54. The van der Waals surface area contributed by atoms with Crippen LogP contribution in [0.5, 0.6) is 5.75 Å². The third kappa shape index (κ3) is 5.11. The quantitative estimate of drug-likeness (QED) is 0.483. The molecule has 3 rings (SSSR count). The van der Waals surface area contributed by atoms with Gasteiger partial charge in [-0.25, -0.2) is 0 Å². The van der Waals surface area contributed by atoms with Crippen molar-refractivity contribution >= 4 is 63.7 Å². The first kappa shape index (κ1) is 23.3. The second kappa shape index (κ2) is 9.86. The number of nitrogens with zero attached hydrogens (tertiary/aromatic N) is 1. The standard InChI is InChI=1S/C22H24Cl4N2O2/c1-12-6-8-28(9-7-12)17-5-4-15(10-16(17)23)27-18(29)11-30-22-20(25)13(2)19(24)14(3)21(22)26/h4-5,10,12H,6-9,11H2,1-3H3,(H,27,29). The summed E-state index contributed by atoms with van der Waals surface area (Å²) in [6, 6.07) is 5.53. The average Bonchev–Trinajstić information content (AvgIpc) is 2.72. The molecule has 1 aliphatic rings. The van der Waals surface area contributed by atoms with Crippen LogP contribution in [-0.4, -0.2) is 25.6 Å². The second-order valence-corrected chi connectivity index (χ2v) is 9.23. The molecule has 0 aliphatic carbocycles. The Bertz CT molecular complexity index is 928. The Kier molecular flexibility index (Phi) is 7.67. The van der Waals surface area contributed by atoms with Gasteiger partial charge in [-0.3, -0.25) is 4.79 Å². The van der Waals surface area contributed by atoms with E-state index in [0.29, 0.717) is 36.9 Å². The van der Waals surface area contributed by atoms with E-state index in [4.69, 9.17) is 51.1 Å². The number of piperidine rings is 1.